The van der Waals surface area contributed by atoms with Gasteiger partial charge in [-0.15, -0.1) is 24.8 Å². The molecule has 0 aromatic heterocycles. The Morgan fingerprint density at radius 2 is 1.67 bits per heavy atom. The van der Waals surface area contributed by atoms with Crippen LogP contribution >= 0.6 is 24.8 Å². The molecule has 1 aromatic carbocycles. The lowest BCUT2D eigenvalue weighted by Gasteiger charge is -2.28. The number of benzene rings is 1. The van der Waals surface area contributed by atoms with Crippen molar-refractivity contribution in [2.24, 2.45) is 5.92 Å². The number of hydrogen-bond donors (Lipinski definition) is 2. The number of nitrogens with one attached hydrogen (secondary N) is 2. The monoisotopic (exact) mass is 415 g/mol. The van der Waals surface area contributed by atoms with E-state index in [4.69, 9.17) is 0 Å². The van der Waals surface area contributed by atoms with Crippen LogP contribution in [0.3, 0.4) is 0 Å². The Kier molecular flexibility index (Phi) is 10.7. The van der Waals surface area contributed by atoms with Crippen molar-refractivity contribution in [2.45, 2.75) is 71.1 Å². The second-order valence-corrected chi connectivity index (χ2v) is 7.69. The molecule has 3 rings (SSSR count). The summed E-state index contributed by atoms with van der Waals surface area (Å²) in [6.45, 7) is 8.09. The lowest BCUT2D eigenvalue weighted by molar-refractivity contribution is -0.122. The fourth-order valence-electron chi connectivity index (χ4n) is 4.44. The van der Waals surface area contributed by atoms with Crippen LogP contribution in [0.4, 0.5) is 0 Å². The second kappa shape index (κ2) is 11.9. The Hall–Kier alpha value is -0.810. The number of carbonyl (C=O) groups excluding carboxylic acids is 1. The normalized spacial score (nSPS) is 23.4. The first-order valence-corrected chi connectivity index (χ1v) is 9.99. The van der Waals surface area contributed by atoms with Crippen LogP contribution < -0.4 is 10.6 Å². The molecular formula is C21H35Cl2N3O. The maximum atomic E-state index is 12.4. The third-order valence-electron chi connectivity index (χ3n) is 5.93. The van der Waals surface area contributed by atoms with Crippen LogP contribution in [0.25, 0.3) is 0 Å². The molecule has 2 N–H and O–H groups in total. The topological polar surface area (TPSA) is 44.4 Å². The summed E-state index contributed by atoms with van der Waals surface area (Å²) in [4.78, 5) is 14.8. The van der Waals surface area contributed by atoms with Gasteiger partial charge in [-0.1, -0.05) is 38.1 Å². The Morgan fingerprint density at radius 3 is 2.26 bits per heavy atom. The predicted octanol–water partition coefficient (Wildman–Crippen LogP) is 3.91. The molecule has 2 fully saturated rings. The van der Waals surface area contributed by atoms with Crippen molar-refractivity contribution in [1.82, 2.24) is 15.5 Å². The molecule has 0 spiro atoms. The smallest absolute Gasteiger partial charge is 0.220 e. The molecule has 2 bridgehead atoms. The number of nitrogens with zero attached hydrogens (tertiary/aromatic N) is 1. The van der Waals surface area contributed by atoms with Gasteiger partial charge in [-0.3, -0.25) is 9.69 Å². The fraction of sp³-hybridized carbons (Fsp3) is 0.667. The highest BCUT2D eigenvalue weighted by Gasteiger charge is 2.34. The van der Waals surface area contributed by atoms with Crippen molar-refractivity contribution in [2.75, 3.05) is 13.1 Å². The van der Waals surface area contributed by atoms with Crippen LogP contribution in [0.5, 0.6) is 0 Å². The molecule has 2 aliphatic rings. The lowest BCUT2D eigenvalue weighted by atomic mass is 9.89. The molecule has 0 radical (unpaired) electrons. The van der Waals surface area contributed by atoms with E-state index in [0.29, 0.717) is 31.0 Å². The Bertz CT molecular complexity index is 568. The van der Waals surface area contributed by atoms with Gasteiger partial charge in [0.1, 0.15) is 0 Å². The van der Waals surface area contributed by atoms with E-state index >= 15 is 0 Å². The zero-order valence-corrected chi connectivity index (χ0v) is 18.2. The number of carbonyl (C=O) groups is 1. The molecule has 2 aliphatic heterocycles. The minimum Gasteiger partial charge on any atom is -0.352 e. The van der Waals surface area contributed by atoms with Crippen molar-refractivity contribution in [1.29, 1.82) is 0 Å². The standard InChI is InChI=1S/C21H33N3O.2ClH/c1-3-24(4-2)15-18-8-6-5-7-17(18)14-22-21(25)13-16-11-19-9-10-20(12-16)23-19;;/h5-8,16,19-20,23H,3-4,9-15H2,1-2H3,(H,22,25);2*1H. The van der Waals surface area contributed by atoms with Crippen LogP contribution in [0.1, 0.15) is 57.1 Å². The van der Waals surface area contributed by atoms with Gasteiger partial charge in [0.2, 0.25) is 5.91 Å². The van der Waals surface area contributed by atoms with Gasteiger partial charge in [0.05, 0.1) is 0 Å². The van der Waals surface area contributed by atoms with Gasteiger partial charge in [-0.2, -0.15) is 0 Å². The highest BCUT2D eigenvalue weighted by atomic mass is 35.5. The van der Waals surface area contributed by atoms with E-state index in [1.807, 2.05) is 0 Å². The third kappa shape index (κ3) is 6.94. The summed E-state index contributed by atoms with van der Waals surface area (Å²) in [5.74, 6) is 0.772. The second-order valence-electron chi connectivity index (χ2n) is 7.69. The van der Waals surface area contributed by atoms with Crippen LogP contribution in [0.15, 0.2) is 24.3 Å². The van der Waals surface area contributed by atoms with E-state index in [2.05, 4.69) is 53.6 Å². The summed E-state index contributed by atoms with van der Waals surface area (Å²) in [7, 11) is 0. The van der Waals surface area contributed by atoms with E-state index < -0.39 is 0 Å². The van der Waals surface area contributed by atoms with Crippen molar-refractivity contribution in [3.05, 3.63) is 35.4 Å². The molecule has 6 heteroatoms. The highest BCUT2D eigenvalue weighted by molar-refractivity contribution is 5.85. The number of halogens is 2. The molecule has 154 valence electrons. The Balaban J connectivity index is 0.00000182. The minimum atomic E-state index is 0. The van der Waals surface area contributed by atoms with Crippen molar-refractivity contribution >= 4 is 30.7 Å². The van der Waals surface area contributed by atoms with Crippen LogP contribution in [0, 0.1) is 5.92 Å². The Morgan fingerprint density at radius 1 is 1.07 bits per heavy atom. The van der Waals surface area contributed by atoms with Gasteiger partial charge in [-0.25, -0.2) is 0 Å². The maximum Gasteiger partial charge on any atom is 0.220 e. The summed E-state index contributed by atoms with van der Waals surface area (Å²) in [6.07, 6.45) is 5.61. The van der Waals surface area contributed by atoms with E-state index in [1.165, 1.54) is 36.8 Å². The molecule has 2 heterocycles. The number of rotatable bonds is 8. The molecule has 2 atom stereocenters. The quantitative estimate of drug-likeness (QED) is 0.676. The molecule has 2 unspecified atom stereocenters. The first-order chi connectivity index (χ1) is 12.2. The third-order valence-corrected chi connectivity index (χ3v) is 5.93. The molecule has 0 saturated carbocycles. The van der Waals surface area contributed by atoms with Gasteiger partial charge in [0, 0.05) is 31.6 Å². The number of hydrogen-bond acceptors (Lipinski definition) is 3. The molecule has 0 aliphatic carbocycles. The van der Waals surface area contributed by atoms with Gasteiger partial charge in [0.15, 0.2) is 0 Å². The number of fused-ring (bicyclic) bond motifs is 2. The summed E-state index contributed by atoms with van der Waals surface area (Å²) < 4.78 is 0. The van der Waals surface area contributed by atoms with Gasteiger partial charge in [-0.05, 0) is 55.8 Å². The van der Waals surface area contributed by atoms with Crippen LogP contribution in [0.2, 0.25) is 0 Å². The number of amides is 1. The predicted molar refractivity (Wildman–Crippen MR) is 117 cm³/mol. The van der Waals surface area contributed by atoms with Crippen molar-refractivity contribution in [3.8, 4) is 0 Å². The summed E-state index contributed by atoms with van der Waals surface area (Å²) in [5, 5.41) is 6.82. The van der Waals surface area contributed by atoms with Gasteiger partial charge in [0.25, 0.3) is 0 Å². The van der Waals surface area contributed by atoms with Gasteiger partial charge < -0.3 is 10.6 Å². The zero-order valence-electron chi connectivity index (χ0n) is 16.6. The molecule has 2 saturated heterocycles. The van der Waals surface area contributed by atoms with Crippen LogP contribution in [-0.4, -0.2) is 36.0 Å². The van der Waals surface area contributed by atoms with E-state index in [0.717, 1.165) is 19.6 Å². The summed E-state index contributed by atoms with van der Waals surface area (Å²) >= 11 is 0. The molecule has 4 nitrogen and oxygen atoms in total. The molecule has 27 heavy (non-hydrogen) atoms. The fourth-order valence-corrected chi connectivity index (χ4v) is 4.44. The summed E-state index contributed by atoms with van der Waals surface area (Å²) in [6, 6.07) is 9.80. The van der Waals surface area contributed by atoms with E-state index in [1.54, 1.807) is 0 Å². The van der Waals surface area contributed by atoms with Crippen molar-refractivity contribution in [3.63, 3.8) is 0 Å². The largest absolute Gasteiger partial charge is 0.352 e. The van der Waals surface area contributed by atoms with E-state index in [9.17, 15) is 4.79 Å². The average molecular weight is 416 g/mol. The summed E-state index contributed by atoms with van der Waals surface area (Å²) in [5.41, 5.74) is 2.57. The average Bonchev–Trinajstić information content (AvgIpc) is 2.97. The maximum absolute atomic E-state index is 12.4. The Labute approximate surface area is 176 Å². The zero-order chi connectivity index (χ0) is 17.6. The lowest BCUT2D eigenvalue weighted by Crippen LogP contribution is -2.39. The first-order valence-electron chi connectivity index (χ1n) is 9.99. The molecular weight excluding hydrogens is 381 g/mol. The van der Waals surface area contributed by atoms with Gasteiger partial charge >= 0.3 is 0 Å². The van der Waals surface area contributed by atoms with Crippen molar-refractivity contribution < 1.29 is 4.79 Å². The molecule has 1 amide bonds. The minimum absolute atomic E-state index is 0. The first kappa shape index (κ1) is 24.2. The highest BCUT2D eigenvalue weighted by Crippen LogP contribution is 2.32. The van der Waals surface area contributed by atoms with Crippen LogP contribution in [-0.2, 0) is 17.9 Å². The van der Waals surface area contributed by atoms with E-state index in [-0.39, 0.29) is 30.7 Å². The number of piperidine rings is 1. The molecule has 1 aromatic rings. The SMILES string of the molecule is CCN(CC)Cc1ccccc1CNC(=O)CC1CC2CCC(C1)N2.Cl.Cl.